The molecule has 2 amide bonds. The number of fused-ring (bicyclic) bond motifs is 1. The van der Waals surface area contributed by atoms with Crippen LogP contribution in [0.1, 0.15) is 29.8 Å². The van der Waals surface area contributed by atoms with Crippen LogP contribution in [-0.4, -0.2) is 45.7 Å². The Balaban J connectivity index is 1.02. The number of nitrogens with one attached hydrogen (secondary N) is 2. The van der Waals surface area contributed by atoms with E-state index in [9.17, 15) is 9.59 Å². The van der Waals surface area contributed by atoms with Gasteiger partial charge >= 0.3 is 0 Å². The Hall–Kier alpha value is -4.02. The van der Waals surface area contributed by atoms with Crippen LogP contribution in [0.25, 0.3) is 28.5 Å². The molecule has 4 aromatic rings. The Kier molecular flexibility index (Phi) is 7.12. The zero-order chi connectivity index (χ0) is 26.8. The molecule has 2 saturated heterocycles. The lowest BCUT2D eigenvalue weighted by molar-refractivity contribution is -0.115. The molecule has 0 saturated carbocycles. The molecule has 0 spiro atoms. The quantitative estimate of drug-likeness (QED) is 0.315. The number of furan rings is 1. The summed E-state index contributed by atoms with van der Waals surface area (Å²) in [6.45, 7) is 5.42. The van der Waals surface area contributed by atoms with Gasteiger partial charge < -0.3 is 14.6 Å². The van der Waals surface area contributed by atoms with Crippen molar-refractivity contribution in [1.82, 2.24) is 25.6 Å². The minimum absolute atomic E-state index is 0.349. The number of aromatic nitrogens is 3. The van der Waals surface area contributed by atoms with Crippen molar-refractivity contribution in [2.75, 3.05) is 24.5 Å². The lowest BCUT2D eigenvalue weighted by atomic mass is 9.97. The lowest BCUT2D eigenvalue weighted by Crippen LogP contribution is -2.38. The first-order valence-electron chi connectivity index (χ1n) is 13.0. The average Bonchev–Trinajstić information content (AvgIpc) is 3.51. The van der Waals surface area contributed by atoms with Gasteiger partial charge in [0.25, 0.3) is 11.1 Å². The van der Waals surface area contributed by atoms with E-state index in [1.165, 1.54) is 0 Å². The number of para-hydroxylation sites is 1. The first-order chi connectivity index (χ1) is 19.0. The fourth-order valence-corrected chi connectivity index (χ4v) is 5.62. The van der Waals surface area contributed by atoms with Gasteiger partial charge in [-0.15, -0.1) is 0 Å². The third-order valence-electron chi connectivity index (χ3n) is 6.92. The summed E-state index contributed by atoms with van der Waals surface area (Å²) in [7, 11) is 0. The molecule has 2 aliphatic heterocycles. The van der Waals surface area contributed by atoms with Crippen molar-refractivity contribution in [3.8, 4) is 11.5 Å². The van der Waals surface area contributed by atoms with Crippen LogP contribution >= 0.6 is 11.8 Å². The number of nitrogens with zero attached hydrogens (tertiary/aromatic N) is 4. The normalized spacial score (nSPS) is 17.4. The average molecular weight is 541 g/mol. The summed E-state index contributed by atoms with van der Waals surface area (Å²) in [5.74, 6) is 1.60. The molecular formula is C29H28N6O3S. The number of hydrogen-bond acceptors (Lipinski definition) is 9. The number of pyridine rings is 1. The summed E-state index contributed by atoms with van der Waals surface area (Å²) in [5.41, 5.74) is 4.49. The van der Waals surface area contributed by atoms with Gasteiger partial charge in [-0.3, -0.25) is 14.9 Å². The van der Waals surface area contributed by atoms with E-state index < -0.39 is 0 Å². The van der Waals surface area contributed by atoms with E-state index in [1.54, 1.807) is 18.3 Å². The second-order valence-electron chi connectivity index (χ2n) is 9.86. The molecule has 2 aliphatic rings. The fourth-order valence-electron chi connectivity index (χ4n) is 4.96. The van der Waals surface area contributed by atoms with E-state index >= 15 is 0 Å². The SMILES string of the molecule is Cc1cc(CNCC2CCN(c3nccc(/C=C4\SC(=O)NC4=O)n3)CC2)nc(-c2cc3ccccc3o2)c1. The summed E-state index contributed by atoms with van der Waals surface area (Å²) in [6, 6.07) is 16.0. The van der Waals surface area contributed by atoms with Crippen molar-refractivity contribution in [3.05, 3.63) is 76.6 Å². The number of rotatable bonds is 7. The fraction of sp³-hybridized carbons (Fsp3) is 0.276. The topological polar surface area (TPSA) is 113 Å². The van der Waals surface area contributed by atoms with Gasteiger partial charge in [0.05, 0.1) is 16.3 Å². The van der Waals surface area contributed by atoms with Crippen LogP contribution in [0.15, 0.2) is 64.1 Å². The maximum absolute atomic E-state index is 11.8. The van der Waals surface area contributed by atoms with Crippen molar-refractivity contribution in [1.29, 1.82) is 0 Å². The molecule has 0 aliphatic carbocycles. The Labute approximate surface area is 230 Å². The molecule has 0 unspecified atom stereocenters. The van der Waals surface area contributed by atoms with Gasteiger partial charge in [-0.1, -0.05) is 18.2 Å². The maximum atomic E-state index is 11.8. The summed E-state index contributed by atoms with van der Waals surface area (Å²) < 4.78 is 6.03. The zero-order valence-electron chi connectivity index (χ0n) is 21.5. The molecule has 0 atom stereocenters. The summed E-state index contributed by atoms with van der Waals surface area (Å²) in [5, 5.41) is 6.58. The number of thioether (sulfide) groups is 1. The zero-order valence-corrected chi connectivity index (χ0v) is 22.3. The van der Waals surface area contributed by atoms with Gasteiger partial charge in [0.1, 0.15) is 11.3 Å². The number of hydrogen-bond donors (Lipinski definition) is 2. The third-order valence-corrected chi connectivity index (χ3v) is 7.73. The van der Waals surface area contributed by atoms with Gasteiger partial charge in [0.2, 0.25) is 5.95 Å². The number of aryl methyl sites for hydroxylation is 1. The molecule has 2 fully saturated rings. The number of piperidine rings is 1. The Morgan fingerprint density at radius 1 is 1.13 bits per heavy atom. The van der Waals surface area contributed by atoms with E-state index in [-0.39, 0.29) is 11.1 Å². The summed E-state index contributed by atoms with van der Waals surface area (Å²) in [6.07, 6.45) is 5.38. The highest BCUT2D eigenvalue weighted by atomic mass is 32.2. The number of anilines is 1. The molecule has 0 radical (unpaired) electrons. The molecule has 10 heteroatoms. The molecular weight excluding hydrogens is 512 g/mol. The second-order valence-corrected chi connectivity index (χ2v) is 10.9. The minimum atomic E-state index is -0.384. The van der Waals surface area contributed by atoms with Crippen molar-refractivity contribution < 1.29 is 14.0 Å². The maximum Gasteiger partial charge on any atom is 0.290 e. The highest BCUT2D eigenvalue weighted by molar-refractivity contribution is 8.18. The number of imide groups is 1. The van der Waals surface area contributed by atoms with Gasteiger partial charge in [-0.25, -0.2) is 15.0 Å². The third kappa shape index (κ3) is 5.86. The number of benzene rings is 1. The summed E-state index contributed by atoms with van der Waals surface area (Å²) in [4.78, 5) is 39.7. The molecule has 1 aromatic carbocycles. The predicted octanol–water partition coefficient (Wildman–Crippen LogP) is 4.92. The van der Waals surface area contributed by atoms with Crippen molar-refractivity contribution in [2.24, 2.45) is 5.92 Å². The van der Waals surface area contributed by atoms with Crippen LogP contribution in [0.5, 0.6) is 0 Å². The van der Waals surface area contributed by atoms with Crippen molar-refractivity contribution >= 4 is 45.9 Å². The highest BCUT2D eigenvalue weighted by Gasteiger charge is 2.26. The standard InChI is InChI=1S/C29H28N6O3S/c1-18-12-22(32-23(13-18)25-14-20-4-2-3-5-24(20)38-25)17-30-16-19-7-10-35(11-8-19)28-31-9-6-21(33-28)15-26-27(36)34-29(37)39-26/h2-6,9,12-15,19,30H,7-8,10-11,16-17H2,1H3,(H,34,36,37)/b26-15-. The van der Waals surface area contributed by atoms with E-state index in [2.05, 4.69) is 44.6 Å². The molecule has 6 rings (SSSR count). The monoisotopic (exact) mass is 540 g/mol. The van der Waals surface area contributed by atoms with Crippen molar-refractivity contribution in [3.63, 3.8) is 0 Å². The Bertz CT molecular complexity index is 1540. The second kappa shape index (κ2) is 11.0. The van der Waals surface area contributed by atoms with E-state index in [4.69, 9.17) is 9.40 Å². The smallest absolute Gasteiger partial charge is 0.290 e. The van der Waals surface area contributed by atoms with Gasteiger partial charge in [-0.2, -0.15) is 0 Å². The number of amides is 2. The Morgan fingerprint density at radius 3 is 2.77 bits per heavy atom. The lowest BCUT2D eigenvalue weighted by Gasteiger charge is -2.32. The van der Waals surface area contributed by atoms with Gasteiger partial charge in [0.15, 0.2) is 5.76 Å². The van der Waals surface area contributed by atoms with Crippen LogP contribution in [0, 0.1) is 12.8 Å². The molecule has 2 N–H and O–H groups in total. The van der Waals surface area contributed by atoms with Gasteiger partial charge in [0, 0.05) is 31.2 Å². The highest BCUT2D eigenvalue weighted by Crippen LogP contribution is 2.28. The first-order valence-corrected chi connectivity index (χ1v) is 13.8. The van der Waals surface area contributed by atoms with Crippen molar-refractivity contribution in [2.45, 2.75) is 26.3 Å². The molecule has 3 aromatic heterocycles. The van der Waals surface area contributed by atoms with Crippen LogP contribution in [0.3, 0.4) is 0 Å². The van der Waals surface area contributed by atoms with Crippen LogP contribution in [0.4, 0.5) is 10.7 Å². The summed E-state index contributed by atoms with van der Waals surface area (Å²) >= 11 is 0.889. The number of carbonyl (C=O) groups excluding carboxylic acids is 2. The van der Waals surface area contributed by atoms with Gasteiger partial charge in [-0.05, 0) is 86.0 Å². The van der Waals surface area contributed by atoms with E-state index in [1.807, 2.05) is 30.3 Å². The minimum Gasteiger partial charge on any atom is -0.454 e. The molecule has 39 heavy (non-hydrogen) atoms. The number of carbonyl (C=O) groups is 2. The van der Waals surface area contributed by atoms with Crippen LogP contribution in [-0.2, 0) is 11.3 Å². The molecule has 0 bridgehead atoms. The largest absolute Gasteiger partial charge is 0.454 e. The van der Waals surface area contributed by atoms with Crippen LogP contribution in [0.2, 0.25) is 0 Å². The molecule has 198 valence electrons. The Morgan fingerprint density at radius 2 is 1.97 bits per heavy atom. The predicted molar refractivity (Wildman–Crippen MR) is 152 cm³/mol. The van der Waals surface area contributed by atoms with E-state index in [0.29, 0.717) is 29.0 Å². The van der Waals surface area contributed by atoms with Crippen LogP contribution < -0.4 is 15.5 Å². The molecule has 5 heterocycles. The van der Waals surface area contributed by atoms with E-state index in [0.717, 1.165) is 77.9 Å². The first kappa shape index (κ1) is 25.3. The molecule has 9 nitrogen and oxygen atoms in total.